The number of halogens is 1. The molecule has 0 aliphatic heterocycles. The Hall–Kier alpha value is -3.12. The van der Waals surface area contributed by atoms with Crippen LogP contribution in [0.3, 0.4) is 0 Å². The summed E-state index contributed by atoms with van der Waals surface area (Å²) in [6.45, 7) is 0.0419. The third kappa shape index (κ3) is 5.64. The molecule has 3 N–H and O–H groups in total. The van der Waals surface area contributed by atoms with E-state index in [0.717, 1.165) is 12.3 Å². The molecular weight excluding hydrogens is 328 g/mol. The number of hydrogen-bond donors (Lipinski definition) is 3. The van der Waals surface area contributed by atoms with Crippen molar-refractivity contribution in [1.29, 1.82) is 5.26 Å². The van der Waals surface area contributed by atoms with Gasteiger partial charge in [-0.1, -0.05) is 11.6 Å². The minimum Gasteiger partial charge on any atom is -0.481 e. The first kappa shape index (κ1) is 17.9. The lowest BCUT2D eigenvalue weighted by atomic mass is 10.2. The number of nitriles is 1. The monoisotopic (exact) mass is 338 g/mol. The Labute approximate surface area is 135 Å². The number of nitrogens with one attached hydrogen (secondary N) is 2. The summed E-state index contributed by atoms with van der Waals surface area (Å²) in [6.07, 6.45) is 0.892. The van der Waals surface area contributed by atoms with Gasteiger partial charge >= 0.3 is 5.97 Å². The highest BCUT2D eigenvalue weighted by Gasteiger charge is 2.15. The van der Waals surface area contributed by atoms with Gasteiger partial charge in [-0.05, 0) is 12.1 Å². The highest BCUT2D eigenvalue weighted by molar-refractivity contribution is 6.32. The van der Waals surface area contributed by atoms with Crippen LogP contribution < -0.4 is 10.6 Å². The van der Waals surface area contributed by atoms with Crippen LogP contribution in [-0.4, -0.2) is 28.5 Å². The van der Waals surface area contributed by atoms with Gasteiger partial charge in [-0.3, -0.25) is 19.7 Å². The average Bonchev–Trinajstić information content (AvgIpc) is 2.48. The van der Waals surface area contributed by atoms with Crippen molar-refractivity contribution in [2.24, 2.45) is 0 Å². The second kappa shape index (κ2) is 8.35. The van der Waals surface area contributed by atoms with E-state index in [0.29, 0.717) is 0 Å². The number of benzene rings is 1. The van der Waals surface area contributed by atoms with Gasteiger partial charge in [0.05, 0.1) is 11.3 Å². The molecule has 0 unspecified atom stereocenters. The Morgan fingerprint density at radius 2 is 2.17 bits per heavy atom. The summed E-state index contributed by atoms with van der Waals surface area (Å²) in [7, 11) is 0. The fraction of sp³-hybridized carbons (Fsp3) is 0.154. The Balaban J connectivity index is 2.79. The maximum Gasteiger partial charge on any atom is 0.305 e. The number of amides is 1. The molecule has 10 heteroatoms. The maximum atomic E-state index is 11.9. The number of carboxylic acids is 1. The summed E-state index contributed by atoms with van der Waals surface area (Å²) in [5.74, 6) is -1.82. The maximum absolute atomic E-state index is 11.9. The van der Waals surface area contributed by atoms with Crippen molar-refractivity contribution in [3.8, 4) is 6.07 Å². The van der Waals surface area contributed by atoms with E-state index >= 15 is 0 Å². The number of carboxylic acid groups (broad SMARTS) is 1. The molecule has 0 atom stereocenters. The molecule has 0 saturated heterocycles. The van der Waals surface area contributed by atoms with E-state index in [1.165, 1.54) is 12.1 Å². The van der Waals surface area contributed by atoms with Gasteiger partial charge in [-0.15, -0.1) is 0 Å². The van der Waals surface area contributed by atoms with Gasteiger partial charge in [0, 0.05) is 24.5 Å². The highest BCUT2D eigenvalue weighted by Crippen LogP contribution is 2.27. The van der Waals surface area contributed by atoms with Crippen molar-refractivity contribution in [3.63, 3.8) is 0 Å². The first-order chi connectivity index (χ1) is 10.8. The SMILES string of the molecule is N#C/C(=C/NCCC(=O)O)C(=O)Nc1ccc(Cl)c([N+](=O)[O-])c1. The van der Waals surface area contributed by atoms with Crippen molar-refractivity contribution in [1.82, 2.24) is 5.32 Å². The van der Waals surface area contributed by atoms with Gasteiger partial charge < -0.3 is 15.7 Å². The highest BCUT2D eigenvalue weighted by atomic mass is 35.5. The fourth-order valence-electron chi connectivity index (χ4n) is 1.43. The van der Waals surface area contributed by atoms with Crippen LogP contribution in [0.4, 0.5) is 11.4 Å². The quantitative estimate of drug-likeness (QED) is 0.225. The Morgan fingerprint density at radius 3 is 2.74 bits per heavy atom. The third-order valence-corrected chi connectivity index (χ3v) is 2.81. The molecule has 0 aliphatic carbocycles. The number of aliphatic carboxylic acids is 1. The van der Waals surface area contributed by atoms with Crippen LogP contribution in [0.5, 0.6) is 0 Å². The second-order valence-corrected chi connectivity index (χ2v) is 4.55. The lowest BCUT2D eigenvalue weighted by Crippen LogP contribution is -2.18. The van der Waals surface area contributed by atoms with E-state index < -0.39 is 16.8 Å². The lowest BCUT2D eigenvalue weighted by molar-refractivity contribution is -0.384. The van der Waals surface area contributed by atoms with Gasteiger partial charge in [0.2, 0.25) is 0 Å². The molecule has 23 heavy (non-hydrogen) atoms. The van der Waals surface area contributed by atoms with E-state index in [4.69, 9.17) is 22.0 Å². The van der Waals surface area contributed by atoms with Gasteiger partial charge in [0.15, 0.2) is 0 Å². The number of carbonyl (C=O) groups is 2. The molecular formula is C13H11ClN4O5. The number of nitro benzene ring substituents is 1. The molecule has 0 aliphatic rings. The molecule has 0 spiro atoms. The van der Waals surface area contributed by atoms with Crippen molar-refractivity contribution in [3.05, 3.63) is 45.1 Å². The summed E-state index contributed by atoms with van der Waals surface area (Å²) in [4.78, 5) is 32.3. The zero-order valence-electron chi connectivity index (χ0n) is 11.6. The molecule has 0 aromatic heterocycles. The Morgan fingerprint density at radius 1 is 1.48 bits per heavy atom. The molecule has 0 bridgehead atoms. The van der Waals surface area contributed by atoms with E-state index in [-0.39, 0.29) is 34.9 Å². The molecule has 1 rings (SSSR count). The number of nitrogens with zero attached hydrogens (tertiary/aromatic N) is 2. The van der Waals surface area contributed by atoms with Crippen LogP contribution in [0.1, 0.15) is 6.42 Å². The number of rotatable bonds is 7. The predicted molar refractivity (Wildman–Crippen MR) is 80.7 cm³/mol. The number of hydrogen-bond acceptors (Lipinski definition) is 6. The van der Waals surface area contributed by atoms with Gasteiger partial charge in [-0.25, -0.2) is 0 Å². The molecule has 0 radical (unpaired) electrons. The van der Waals surface area contributed by atoms with Crippen LogP contribution in [-0.2, 0) is 9.59 Å². The number of nitro groups is 1. The topological polar surface area (TPSA) is 145 Å². The molecule has 120 valence electrons. The normalized spacial score (nSPS) is 10.5. The smallest absolute Gasteiger partial charge is 0.305 e. The molecule has 1 aromatic carbocycles. The summed E-state index contributed by atoms with van der Waals surface area (Å²) < 4.78 is 0. The number of anilines is 1. The first-order valence-electron chi connectivity index (χ1n) is 6.16. The molecule has 1 amide bonds. The molecule has 1 aromatic rings. The predicted octanol–water partition coefficient (Wildman–Crippen LogP) is 1.66. The van der Waals surface area contributed by atoms with Gasteiger partial charge in [0.1, 0.15) is 16.7 Å². The zero-order valence-corrected chi connectivity index (χ0v) is 12.3. The van der Waals surface area contributed by atoms with Gasteiger partial charge in [-0.2, -0.15) is 5.26 Å². The van der Waals surface area contributed by atoms with E-state index in [2.05, 4.69) is 10.6 Å². The summed E-state index contributed by atoms with van der Waals surface area (Å²) in [5, 5.41) is 32.9. The van der Waals surface area contributed by atoms with E-state index in [1.807, 2.05) is 0 Å². The minimum absolute atomic E-state index is 0.0419. The number of carbonyl (C=O) groups excluding carboxylic acids is 1. The summed E-state index contributed by atoms with van der Waals surface area (Å²) >= 11 is 5.65. The Kier molecular flexibility index (Phi) is 6.51. The van der Waals surface area contributed by atoms with Crippen LogP contribution >= 0.6 is 11.6 Å². The summed E-state index contributed by atoms with van der Waals surface area (Å²) in [5.41, 5.74) is -0.600. The molecule has 0 fully saturated rings. The van der Waals surface area contributed by atoms with Crippen molar-refractivity contribution >= 4 is 34.9 Å². The van der Waals surface area contributed by atoms with Crippen molar-refractivity contribution in [2.75, 3.05) is 11.9 Å². The standard InChI is InChI=1S/C13H11ClN4O5/c14-10-2-1-9(5-11(10)18(22)23)17-13(21)8(6-15)7-16-4-3-12(19)20/h1-2,5,7,16H,3-4H2,(H,17,21)(H,19,20)/b8-7-. The second-order valence-electron chi connectivity index (χ2n) is 4.15. The van der Waals surface area contributed by atoms with Crippen molar-refractivity contribution in [2.45, 2.75) is 6.42 Å². The molecule has 0 heterocycles. The molecule has 0 saturated carbocycles. The van der Waals surface area contributed by atoms with Crippen molar-refractivity contribution < 1.29 is 19.6 Å². The lowest BCUT2D eigenvalue weighted by Gasteiger charge is -2.05. The summed E-state index contributed by atoms with van der Waals surface area (Å²) in [6, 6.07) is 5.29. The fourth-order valence-corrected chi connectivity index (χ4v) is 1.62. The Bertz CT molecular complexity index is 711. The largest absolute Gasteiger partial charge is 0.481 e. The zero-order chi connectivity index (χ0) is 17.4. The van der Waals surface area contributed by atoms with E-state index in [9.17, 15) is 19.7 Å². The van der Waals surface area contributed by atoms with Gasteiger partial charge in [0.25, 0.3) is 11.6 Å². The van der Waals surface area contributed by atoms with Crippen LogP contribution in [0, 0.1) is 21.4 Å². The van der Waals surface area contributed by atoms with Crippen LogP contribution in [0.15, 0.2) is 30.0 Å². The van der Waals surface area contributed by atoms with Crippen LogP contribution in [0.25, 0.3) is 0 Å². The van der Waals surface area contributed by atoms with E-state index in [1.54, 1.807) is 6.07 Å². The van der Waals surface area contributed by atoms with Crippen LogP contribution in [0.2, 0.25) is 5.02 Å². The minimum atomic E-state index is -1.03. The third-order valence-electron chi connectivity index (χ3n) is 2.50. The molecule has 9 nitrogen and oxygen atoms in total. The average molecular weight is 339 g/mol. The first-order valence-corrected chi connectivity index (χ1v) is 6.53.